The Labute approximate surface area is 224 Å². The number of H-pyrrole nitrogens is 1. The van der Waals surface area contributed by atoms with E-state index in [1.54, 1.807) is 7.11 Å². The number of ether oxygens (including phenoxy) is 1. The van der Waals surface area contributed by atoms with E-state index in [2.05, 4.69) is 33.3 Å². The number of pyridine rings is 1. The van der Waals surface area contributed by atoms with Crippen molar-refractivity contribution in [3.8, 4) is 17.1 Å². The fraction of sp³-hybridized carbons (Fsp3) is 0.533. The maximum absolute atomic E-state index is 13.0. The Hall–Kier alpha value is -3.26. The monoisotopic (exact) mass is 517 g/mol. The molecule has 1 spiro atoms. The van der Waals surface area contributed by atoms with Gasteiger partial charge >= 0.3 is 0 Å². The van der Waals surface area contributed by atoms with Crippen molar-refractivity contribution < 1.29 is 14.3 Å². The Bertz CT molecular complexity index is 1300. The summed E-state index contributed by atoms with van der Waals surface area (Å²) < 4.78 is 5.61. The molecular formula is C30H39N5O3. The first-order chi connectivity index (χ1) is 18.4. The summed E-state index contributed by atoms with van der Waals surface area (Å²) in [4.78, 5) is 39.8. The van der Waals surface area contributed by atoms with Gasteiger partial charge in [-0.1, -0.05) is 38.0 Å². The number of nitrogens with zero attached hydrogens (tertiary/aromatic N) is 3. The quantitative estimate of drug-likeness (QED) is 0.319. The molecular weight excluding hydrogens is 478 g/mol. The molecule has 0 bridgehead atoms. The zero-order valence-electron chi connectivity index (χ0n) is 22.8. The molecule has 0 radical (unpaired) electrons. The number of amides is 1. The second-order valence-corrected chi connectivity index (χ2v) is 11.1. The molecule has 2 N–H and O–H groups in total. The van der Waals surface area contributed by atoms with E-state index in [1.165, 1.54) is 0 Å². The highest BCUT2D eigenvalue weighted by molar-refractivity contribution is 5.85. The molecule has 1 aromatic carbocycles. The van der Waals surface area contributed by atoms with E-state index in [-0.39, 0.29) is 23.2 Å². The number of Topliss-reactive ketones (excluding diaryl/α,β-unsaturated/α-hetero) is 1. The molecule has 2 aromatic heterocycles. The van der Waals surface area contributed by atoms with Crippen LogP contribution in [-0.2, 0) is 9.59 Å². The van der Waals surface area contributed by atoms with Crippen LogP contribution in [0.1, 0.15) is 63.6 Å². The number of hydrogen-bond acceptors (Lipinski definition) is 6. The van der Waals surface area contributed by atoms with Gasteiger partial charge in [0.05, 0.1) is 30.1 Å². The Morgan fingerprint density at radius 2 is 2.05 bits per heavy atom. The highest BCUT2D eigenvalue weighted by Gasteiger charge is 2.63. The normalized spacial score (nSPS) is 18.8. The van der Waals surface area contributed by atoms with Crippen LogP contribution < -0.4 is 10.1 Å². The predicted octanol–water partition coefficient (Wildman–Crippen LogP) is 4.71. The number of nitrogens with one attached hydrogen (secondary N) is 2. The molecule has 8 nitrogen and oxygen atoms in total. The fourth-order valence-electron chi connectivity index (χ4n) is 5.97. The van der Waals surface area contributed by atoms with Crippen LogP contribution in [0.25, 0.3) is 22.2 Å². The van der Waals surface area contributed by atoms with Gasteiger partial charge in [0, 0.05) is 55.1 Å². The van der Waals surface area contributed by atoms with Crippen molar-refractivity contribution >= 4 is 22.6 Å². The van der Waals surface area contributed by atoms with E-state index >= 15 is 0 Å². The predicted molar refractivity (Wildman–Crippen MR) is 148 cm³/mol. The molecule has 3 heterocycles. The minimum Gasteiger partial charge on any atom is -0.480 e. The molecule has 2 atom stereocenters. The summed E-state index contributed by atoms with van der Waals surface area (Å²) in [5.41, 5.74) is 2.81. The van der Waals surface area contributed by atoms with E-state index < -0.39 is 0 Å². The zero-order chi connectivity index (χ0) is 26.7. The van der Waals surface area contributed by atoms with Crippen molar-refractivity contribution in [3.05, 3.63) is 42.4 Å². The SMILES string of the molecule is CCC(=O)CCCCC[C@H](CNC(=O)[C@@H]1CC12CN(C)C2)c1ncc(-c2cc3ccccc3nc2OC)[nH]1. The molecule has 1 aliphatic carbocycles. The number of carbonyl (C=O) groups is 2. The second kappa shape index (κ2) is 11.2. The topological polar surface area (TPSA) is 100 Å². The average Bonchev–Trinajstić information content (AvgIpc) is 3.45. The smallest absolute Gasteiger partial charge is 0.223 e. The van der Waals surface area contributed by atoms with E-state index in [0.717, 1.165) is 73.2 Å². The third-order valence-electron chi connectivity index (χ3n) is 8.26. The minimum absolute atomic E-state index is 0.0627. The highest BCUT2D eigenvalue weighted by atomic mass is 16.5. The van der Waals surface area contributed by atoms with Crippen LogP contribution in [0.2, 0.25) is 0 Å². The fourth-order valence-corrected chi connectivity index (χ4v) is 5.97. The molecule has 2 fully saturated rings. The third kappa shape index (κ3) is 5.60. The van der Waals surface area contributed by atoms with Gasteiger partial charge in [0.2, 0.25) is 11.8 Å². The molecule has 8 heteroatoms. The molecule has 0 unspecified atom stereocenters. The van der Waals surface area contributed by atoms with Crippen LogP contribution in [-0.4, -0.2) is 65.3 Å². The van der Waals surface area contributed by atoms with Gasteiger partial charge in [-0.05, 0) is 38.4 Å². The number of fused-ring (bicyclic) bond motifs is 1. The van der Waals surface area contributed by atoms with Gasteiger partial charge in [0.1, 0.15) is 11.6 Å². The number of carbonyl (C=O) groups excluding carboxylic acids is 2. The Morgan fingerprint density at radius 1 is 1.24 bits per heavy atom. The van der Waals surface area contributed by atoms with Crippen molar-refractivity contribution in [1.82, 2.24) is 25.2 Å². The molecule has 5 rings (SSSR count). The summed E-state index contributed by atoms with van der Waals surface area (Å²) in [6.07, 6.45) is 7.85. The molecule has 1 saturated carbocycles. The van der Waals surface area contributed by atoms with Crippen LogP contribution in [0.3, 0.4) is 0 Å². The number of ketones is 1. The van der Waals surface area contributed by atoms with Crippen molar-refractivity contribution in [3.63, 3.8) is 0 Å². The summed E-state index contributed by atoms with van der Waals surface area (Å²) in [6, 6.07) is 10.0. The summed E-state index contributed by atoms with van der Waals surface area (Å²) in [6.45, 7) is 4.51. The lowest BCUT2D eigenvalue weighted by atomic mass is 9.94. The number of aromatic nitrogens is 3. The van der Waals surface area contributed by atoms with Gasteiger partial charge in [0.25, 0.3) is 0 Å². The number of unbranched alkanes of at least 4 members (excludes halogenated alkanes) is 2. The van der Waals surface area contributed by atoms with E-state index in [0.29, 0.717) is 31.0 Å². The maximum atomic E-state index is 13.0. The number of imidazole rings is 1. The molecule has 38 heavy (non-hydrogen) atoms. The highest BCUT2D eigenvalue weighted by Crippen LogP contribution is 2.58. The lowest BCUT2D eigenvalue weighted by Gasteiger charge is -2.37. The van der Waals surface area contributed by atoms with E-state index in [1.807, 2.05) is 37.4 Å². The third-order valence-corrected chi connectivity index (χ3v) is 8.26. The van der Waals surface area contributed by atoms with Crippen molar-refractivity contribution in [2.24, 2.45) is 11.3 Å². The van der Waals surface area contributed by atoms with Gasteiger partial charge in [-0.3, -0.25) is 9.59 Å². The van der Waals surface area contributed by atoms with Crippen LogP contribution in [0, 0.1) is 11.3 Å². The van der Waals surface area contributed by atoms with Gasteiger partial charge in [-0.2, -0.15) is 0 Å². The Kier molecular flexibility index (Phi) is 7.79. The number of likely N-dealkylation sites (tertiary alicyclic amines) is 1. The molecule has 202 valence electrons. The Balaban J connectivity index is 1.28. The van der Waals surface area contributed by atoms with Crippen LogP contribution >= 0.6 is 0 Å². The summed E-state index contributed by atoms with van der Waals surface area (Å²) in [5, 5.41) is 4.27. The Morgan fingerprint density at radius 3 is 2.82 bits per heavy atom. The van der Waals surface area contributed by atoms with Gasteiger partial charge in [-0.25, -0.2) is 9.97 Å². The molecule has 1 amide bonds. The van der Waals surface area contributed by atoms with Crippen LogP contribution in [0.15, 0.2) is 36.5 Å². The van der Waals surface area contributed by atoms with Gasteiger partial charge < -0.3 is 19.9 Å². The molecule has 1 saturated heterocycles. The number of benzene rings is 1. The summed E-state index contributed by atoms with van der Waals surface area (Å²) >= 11 is 0. The molecule has 2 aliphatic rings. The van der Waals surface area contributed by atoms with E-state index in [9.17, 15) is 9.59 Å². The van der Waals surface area contributed by atoms with Crippen LogP contribution in [0.4, 0.5) is 0 Å². The standard InChI is InChI=1S/C30H39N5O3/c1-4-22(36)12-7-5-6-11-21(16-32-28(37)24-15-30(24)18-35(2)19-30)27-31-17-26(33-27)23-14-20-10-8-9-13-25(20)34-29(23)38-3/h8-10,13-14,17,21,24H,4-7,11-12,15-16,18-19H2,1-3H3,(H,31,33)(H,32,37)/t21-,24+/m1/s1. The molecule has 3 aromatic rings. The number of aromatic amines is 1. The van der Waals surface area contributed by atoms with Gasteiger partial charge in [0.15, 0.2) is 0 Å². The average molecular weight is 518 g/mol. The first-order valence-electron chi connectivity index (χ1n) is 13.9. The number of rotatable bonds is 13. The maximum Gasteiger partial charge on any atom is 0.223 e. The number of hydrogen-bond donors (Lipinski definition) is 2. The lowest BCUT2D eigenvalue weighted by molar-refractivity contribution is -0.124. The second-order valence-electron chi connectivity index (χ2n) is 11.1. The largest absolute Gasteiger partial charge is 0.480 e. The summed E-state index contributed by atoms with van der Waals surface area (Å²) in [7, 11) is 3.74. The molecule has 1 aliphatic heterocycles. The lowest BCUT2D eigenvalue weighted by Crippen LogP contribution is -2.48. The van der Waals surface area contributed by atoms with Gasteiger partial charge in [-0.15, -0.1) is 0 Å². The van der Waals surface area contributed by atoms with Crippen molar-refractivity contribution in [2.45, 2.75) is 57.8 Å². The van der Waals surface area contributed by atoms with E-state index in [4.69, 9.17) is 9.72 Å². The van der Waals surface area contributed by atoms with Crippen molar-refractivity contribution in [2.75, 3.05) is 33.8 Å². The zero-order valence-corrected chi connectivity index (χ0v) is 22.8. The first-order valence-corrected chi connectivity index (χ1v) is 13.9. The number of methoxy groups -OCH3 is 1. The minimum atomic E-state index is 0.0627. The number of para-hydroxylation sites is 1. The first kappa shape index (κ1) is 26.4. The van der Waals surface area contributed by atoms with Crippen molar-refractivity contribution in [1.29, 1.82) is 0 Å². The van der Waals surface area contributed by atoms with Crippen LogP contribution in [0.5, 0.6) is 5.88 Å². The summed E-state index contributed by atoms with van der Waals surface area (Å²) in [5.74, 6) is 2.10.